The van der Waals surface area contributed by atoms with Crippen molar-refractivity contribution in [3.05, 3.63) is 106 Å². The molecule has 3 rings (SSSR count). The molecule has 0 saturated heterocycles. The molecule has 0 spiro atoms. The van der Waals surface area contributed by atoms with Crippen LogP contribution in [0.2, 0.25) is 5.02 Å². The lowest BCUT2D eigenvalue weighted by molar-refractivity contribution is -0.139. The van der Waals surface area contributed by atoms with Crippen molar-refractivity contribution in [2.45, 2.75) is 51.1 Å². The van der Waals surface area contributed by atoms with Crippen LogP contribution in [-0.4, -0.2) is 34.6 Å². The van der Waals surface area contributed by atoms with Crippen LogP contribution >= 0.6 is 23.4 Å². The highest BCUT2D eigenvalue weighted by atomic mass is 35.5. The van der Waals surface area contributed by atoms with E-state index in [1.807, 2.05) is 62.4 Å². The average Bonchev–Trinajstić information content (AvgIpc) is 2.87. The first-order valence-corrected chi connectivity index (χ1v) is 13.6. The van der Waals surface area contributed by atoms with Gasteiger partial charge >= 0.3 is 0 Å². The molecular weight excluding hydrogens is 495 g/mol. The number of nitrogens with zero attached hydrogens (tertiary/aromatic N) is 1. The molecule has 7 heteroatoms. The van der Waals surface area contributed by atoms with Crippen molar-refractivity contribution < 1.29 is 14.0 Å². The minimum Gasteiger partial charge on any atom is -0.352 e. The van der Waals surface area contributed by atoms with E-state index in [4.69, 9.17) is 11.6 Å². The number of benzene rings is 3. The molecule has 0 fully saturated rings. The van der Waals surface area contributed by atoms with E-state index in [0.717, 1.165) is 23.1 Å². The van der Waals surface area contributed by atoms with Gasteiger partial charge in [0, 0.05) is 29.8 Å². The SMILES string of the molecule is CC[C@H](C)NC(=O)[C@H](Cc1ccccc1)N(Cc1cccc(Cl)c1)C(=O)CSCc1ccc(F)cc1. The van der Waals surface area contributed by atoms with E-state index in [2.05, 4.69) is 5.32 Å². The molecule has 0 aliphatic rings. The molecule has 0 aliphatic heterocycles. The minimum absolute atomic E-state index is 0.00764. The maximum atomic E-state index is 13.6. The lowest BCUT2D eigenvalue weighted by atomic mass is 10.0. The van der Waals surface area contributed by atoms with Crippen LogP contribution in [0.25, 0.3) is 0 Å². The summed E-state index contributed by atoms with van der Waals surface area (Å²) in [7, 11) is 0. The Morgan fingerprint density at radius 3 is 2.33 bits per heavy atom. The molecule has 0 aromatic heterocycles. The Kier molecular flexibility index (Phi) is 10.8. The Labute approximate surface area is 222 Å². The Bertz CT molecular complexity index is 1130. The zero-order chi connectivity index (χ0) is 25.9. The number of hydrogen-bond acceptors (Lipinski definition) is 3. The summed E-state index contributed by atoms with van der Waals surface area (Å²) in [6.07, 6.45) is 1.19. The predicted molar refractivity (Wildman–Crippen MR) is 146 cm³/mol. The summed E-state index contributed by atoms with van der Waals surface area (Å²) < 4.78 is 13.2. The molecule has 36 heavy (non-hydrogen) atoms. The molecule has 0 bridgehead atoms. The average molecular weight is 527 g/mol. The van der Waals surface area contributed by atoms with E-state index in [0.29, 0.717) is 17.2 Å². The quantitative estimate of drug-likeness (QED) is 0.303. The van der Waals surface area contributed by atoms with Crippen LogP contribution in [0.5, 0.6) is 0 Å². The van der Waals surface area contributed by atoms with Crippen LogP contribution in [0, 0.1) is 5.82 Å². The number of carbonyl (C=O) groups excluding carboxylic acids is 2. The van der Waals surface area contributed by atoms with Gasteiger partial charge in [-0.15, -0.1) is 11.8 Å². The fourth-order valence-electron chi connectivity index (χ4n) is 3.75. The third-order valence-electron chi connectivity index (χ3n) is 5.92. The molecule has 0 heterocycles. The number of carbonyl (C=O) groups is 2. The van der Waals surface area contributed by atoms with Gasteiger partial charge in [0.25, 0.3) is 0 Å². The van der Waals surface area contributed by atoms with Gasteiger partial charge in [-0.2, -0.15) is 0 Å². The van der Waals surface area contributed by atoms with E-state index in [1.165, 1.54) is 23.9 Å². The Hall–Kier alpha value is -2.83. The fraction of sp³-hybridized carbons (Fsp3) is 0.310. The van der Waals surface area contributed by atoms with Crippen molar-refractivity contribution in [3.8, 4) is 0 Å². The summed E-state index contributed by atoms with van der Waals surface area (Å²) in [5, 5.41) is 3.65. The lowest BCUT2D eigenvalue weighted by Gasteiger charge is -2.32. The molecule has 2 atom stereocenters. The monoisotopic (exact) mass is 526 g/mol. The summed E-state index contributed by atoms with van der Waals surface area (Å²) in [6, 6.07) is 22.7. The first-order chi connectivity index (χ1) is 17.4. The van der Waals surface area contributed by atoms with Crippen molar-refractivity contribution in [2.24, 2.45) is 0 Å². The van der Waals surface area contributed by atoms with Gasteiger partial charge in [0.1, 0.15) is 11.9 Å². The summed E-state index contributed by atoms with van der Waals surface area (Å²) >= 11 is 7.66. The van der Waals surface area contributed by atoms with Gasteiger partial charge < -0.3 is 10.2 Å². The Morgan fingerprint density at radius 2 is 1.67 bits per heavy atom. The van der Waals surface area contributed by atoms with Crippen molar-refractivity contribution in [3.63, 3.8) is 0 Å². The van der Waals surface area contributed by atoms with E-state index in [1.54, 1.807) is 23.1 Å². The summed E-state index contributed by atoms with van der Waals surface area (Å²) in [4.78, 5) is 28.7. The van der Waals surface area contributed by atoms with Gasteiger partial charge in [-0.05, 0) is 54.3 Å². The van der Waals surface area contributed by atoms with Crippen molar-refractivity contribution >= 4 is 35.2 Å². The van der Waals surface area contributed by atoms with Gasteiger partial charge in [-0.3, -0.25) is 9.59 Å². The largest absolute Gasteiger partial charge is 0.352 e. The van der Waals surface area contributed by atoms with Crippen LogP contribution in [0.4, 0.5) is 4.39 Å². The van der Waals surface area contributed by atoms with Crippen molar-refractivity contribution in [2.75, 3.05) is 5.75 Å². The highest BCUT2D eigenvalue weighted by Crippen LogP contribution is 2.20. The second-order valence-corrected chi connectivity index (χ2v) is 10.2. The van der Waals surface area contributed by atoms with Crippen LogP contribution in [-0.2, 0) is 28.3 Å². The second-order valence-electron chi connectivity index (χ2n) is 8.79. The number of amides is 2. The lowest BCUT2D eigenvalue weighted by Crippen LogP contribution is -2.52. The maximum Gasteiger partial charge on any atom is 0.243 e. The zero-order valence-electron chi connectivity index (χ0n) is 20.6. The third-order valence-corrected chi connectivity index (χ3v) is 7.15. The van der Waals surface area contributed by atoms with E-state index in [9.17, 15) is 14.0 Å². The summed E-state index contributed by atoms with van der Waals surface area (Å²) in [5.41, 5.74) is 2.77. The van der Waals surface area contributed by atoms with Crippen molar-refractivity contribution in [1.29, 1.82) is 0 Å². The molecule has 2 amide bonds. The topological polar surface area (TPSA) is 49.4 Å². The number of halogens is 2. The van der Waals surface area contributed by atoms with Gasteiger partial charge in [0.15, 0.2) is 0 Å². The molecule has 4 nitrogen and oxygen atoms in total. The number of nitrogens with one attached hydrogen (secondary N) is 1. The van der Waals surface area contributed by atoms with Crippen molar-refractivity contribution in [1.82, 2.24) is 10.2 Å². The van der Waals surface area contributed by atoms with Gasteiger partial charge in [-0.25, -0.2) is 4.39 Å². The normalized spacial score (nSPS) is 12.6. The van der Waals surface area contributed by atoms with E-state index < -0.39 is 6.04 Å². The van der Waals surface area contributed by atoms with Gasteiger partial charge in [0.2, 0.25) is 11.8 Å². The molecule has 0 unspecified atom stereocenters. The number of rotatable bonds is 12. The molecule has 0 aliphatic carbocycles. The zero-order valence-corrected chi connectivity index (χ0v) is 22.2. The highest BCUT2D eigenvalue weighted by molar-refractivity contribution is 7.99. The maximum absolute atomic E-state index is 13.6. The first-order valence-electron chi connectivity index (χ1n) is 12.1. The van der Waals surface area contributed by atoms with E-state index >= 15 is 0 Å². The number of hydrogen-bond donors (Lipinski definition) is 1. The molecule has 0 saturated carbocycles. The molecule has 190 valence electrons. The fourth-order valence-corrected chi connectivity index (χ4v) is 4.83. The van der Waals surface area contributed by atoms with Crippen LogP contribution in [0.1, 0.15) is 37.0 Å². The summed E-state index contributed by atoms with van der Waals surface area (Å²) in [6.45, 7) is 4.24. The Morgan fingerprint density at radius 1 is 0.972 bits per heavy atom. The second kappa shape index (κ2) is 14.0. The molecule has 3 aromatic rings. The Balaban J connectivity index is 1.85. The third kappa shape index (κ3) is 8.68. The van der Waals surface area contributed by atoms with Gasteiger partial charge in [-0.1, -0.05) is 73.1 Å². The highest BCUT2D eigenvalue weighted by Gasteiger charge is 2.30. The number of thioether (sulfide) groups is 1. The summed E-state index contributed by atoms with van der Waals surface area (Å²) in [5.74, 6) is 0.164. The van der Waals surface area contributed by atoms with Crippen LogP contribution < -0.4 is 5.32 Å². The van der Waals surface area contributed by atoms with Gasteiger partial charge in [0.05, 0.1) is 5.75 Å². The smallest absolute Gasteiger partial charge is 0.243 e. The van der Waals surface area contributed by atoms with Crippen LogP contribution in [0.15, 0.2) is 78.9 Å². The molecule has 1 N–H and O–H groups in total. The van der Waals surface area contributed by atoms with E-state index in [-0.39, 0.29) is 36.0 Å². The first kappa shape index (κ1) is 27.8. The molecule has 3 aromatic carbocycles. The molecule has 0 radical (unpaired) electrons. The predicted octanol–water partition coefficient (Wildman–Crippen LogP) is 6.27. The minimum atomic E-state index is -0.681. The molecular formula is C29H32ClFN2O2S. The van der Waals surface area contributed by atoms with Crippen LogP contribution in [0.3, 0.4) is 0 Å². The standard InChI is InChI=1S/C29H32ClFN2O2S/c1-3-21(2)32-29(35)27(17-22-8-5-4-6-9-22)33(18-24-10-7-11-25(30)16-24)28(34)20-36-19-23-12-14-26(31)15-13-23/h4-16,21,27H,3,17-20H2,1-2H3,(H,32,35)/t21-,27-/m0/s1.